The van der Waals surface area contributed by atoms with Crippen LogP contribution in [0.15, 0.2) is 441 Å². The van der Waals surface area contributed by atoms with Crippen LogP contribution < -0.4 is 29.1 Å². The molecule has 0 amide bonds. The molecule has 119 heavy (non-hydrogen) atoms. The second-order valence-corrected chi connectivity index (χ2v) is 30.7. The third-order valence-electron chi connectivity index (χ3n) is 23.7. The van der Waals surface area contributed by atoms with Crippen LogP contribution in [0.2, 0.25) is 0 Å². The summed E-state index contributed by atoms with van der Waals surface area (Å²) in [6.45, 7) is 0. The van der Waals surface area contributed by atoms with E-state index in [1.165, 1.54) is 21.7 Å². The van der Waals surface area contributed by atoms with Gasteiger partial charge >= 0.3 is 0 Å². The molecule has 558 valence electrons. The Hall–Kier alpha value is -16.0. The maximum absolute atomic E-state index is 7.10. The third-order valence-corrected chi connectivity index (χ3v) is 23.7. The van der Waals surface area contributed by atoms with Crippen molar-refractivity contribution in [2.45, 2.75) is 0 Å². The van der Waals surface area contributed by atoms with Crippen LogP contribution in [-0.4, -0.2) is 0 Å². The molecule has 0 saturated carbocycles. The van der Waals surface area contributed by atoms with Crippen molar-refractivity contribution in [1.82, 2.24) is 0 Å². The van der Waals surface area contributed by atoms with Gasteiger partial charge in [0.25, 0.3) is 0 Å². The van der Waals surface area contributed by atoms with Gasteiger partial charge in [-0.2, -0.15) is 0 Å². The molecule has 2 aliphatic rings. The maximum Gasteiger partial charge on any atom is 0.159 e. The van der Waals surface area contributed by atoms with Gasteiger partial charge < -0.3 is 33.5 Å². The van der Waals surface area contributed by atoms with E-state index >= 15 is 0 Å². The smallest absolute Gasteiger partial charge is 0.159 e. The van der Waals surface area contributed by atoms with E-state index in [1.807, 2.05) is 0 Å². The lowest BCUT2D eigenvalue weighted by molar-refractivity contribution is 0.487. The fourth-order valence-electron chi connectivity index (χ4n) is 18.2. The average molecular weight is 1520 g/mol. The van der Waals surface area contributed by atoms with Gasteiger partial charge in [0.2, 0.25) is 0 Å². The molecule has 0 fully saturated rings. The zero-order valence-corrected chi connectivity index (χ0v) is 64.6. The molecular formula is C112H72N4O3. The van der Waals surface area contributed by atoms with Crippen molar-refractivity contribution in [1.29, 1.82) is 0 Å². The van der Waals surface area contributed by atoms with E-state index in [0.29, 0.717) is 0 Å². The number of hydrogen-bond donors (Lipinski definition) is 0. The van der Waals surface area contributed by atoms with Crippen LogP contribution in [0, 0.1) is 0 Å². The number of benzene rings is 20. The monoisotopic (exact) mass is 1520 g/mol. The van der Waals surface area contributed by atoms with Crippen LogP contribution in [0.4, 0.5) is 68.2 Å². The van der Waals surface area contributed by atoms with Crippen molar-refractivity contribution in [2.24, 2.45) is 0 Å². The molecule has 0 unspecified atom stereocenters. The van der Waals surface area contributed by atoms with E-state index in [0.717, 1.165) is 201 Å². The van der Waals surface area contributed by atoms with Crippen molar-refractivity contribution < 1.29 is 13.9 Å². The second-order valence-electron chi connectivity index (χ2n) is 30.7. The molecule has 0 atom stereocenters. The number of ether oxygens (including phenoxy) is 2. The van der Waals surface area contributed by atoms with Crippen LogP contribution >= 0.6 is 0 Å². The maximum atomic E-state index is 7.10. The minimum Gasteiger partial charge on any atom is -0.456 e. The van der Waals surface area contributed by atoms with Gasteiger partial charge in [-0.15, -0.1) is 0 Å². The van der Waals surface area contributed by atoms with E-state index < -0.39 is 0 Å². The summed E-state index contributed by atoms with van der Waals surface area (Å²) in [5, 5.41) is 11.3. The number of fused-ring (bicyclic) bond motifs is 11. The molecule has 7 heteroatoms. The first kappa shape index (κ1) is 68.6. The topological polar surface area (TPSA) is 44.6 Å². The predicted octanol–water partition coefficient (Wildman–Crippen LogP) is 32.3. The fraction of sp³-hybridized carbons (Fsp3) is 0. The van der Waals surface area contributed by atoms with Crippen molar-refractivity contribution in [3.05, 3.63) is 437 Å². The Morgan fingerprint density at radius 2 is 0.496 bits per heavy atom. The van der Waals surface area contributed by atoms with Crippen LogP contribution in [0.1, 0.15) is 0 Å². The summed E-state index contributed by atoms with van der Waals surface area (Å²) in [7, 11) is 0. The molecule has 0 bridgehead atoms. The minimum atomic E-state index is 0.804. The lowest BCUT2D eigenvalue weighted by atomic mass is 9.88. The summed E-state index contributed by atoms with van der Waals surface area (Å²) in [6, 6.07) is 157. The van der Waals surface area contributed by atoms with E-state index in [1.54, 1.807) is 0 Å². The number of furan rings is 1. The molecule has 3 heterocycles. The number of para-hydroxylation sites is 8. The van der Waals surface area contributed by atoms with Crippen LogP contribution in [0.25, 0.3) is 132 Å². The zero-order valence-electron chi connectivity index (χ0n) is 64.6. The molecule has 0 saturated heterocycles. The predicted molar refractivity (Wildman–Crippen MR) is 495 cm³/mol. The molecule has 1 aromatic heterocycles. The standard InChI is InChI=1S/C112H72N4O3/c1-7-27-82(28-8-1)113(83-29-9-2-10-30-83)88-58-51-73(52-59-88)77-49-50-79-68-102-94-63-56-78(70-107(94)117-105-47-23-42-96(109(102)105)100(79)67-77)74-53-60-89(61-54-74)114(84-31-11-3-12-32-84)90-39-19-25-75(65-90)76-26-20-40-91(66-76)115(85-33-13-4-14-34-85)92-62-55-80-69-103-95-64-57-81(71-108(95)118-106-48-24-43-97(110(103)106)101(80)72-92)93-41-21-44-98-99-45-22-46-104(112(99)119-111(93)98)116(86-35-15-5-16-36-86)87-37-17-6-18-38-87/h1-72H. The molecule has 23 rings (SSSR count). The summed E-state index contributed by atoms with van der Waals surface area (Å²) >= 11 is 0. The second kappa shape index (κ2) is 28.5. The van der Waals surface area contributed by atoms with Gasteiger partial charge in [0, 0.05) is 101 Å². The molecule has 0 spiro atoms. The summed E-state index contributed by atoms with van der Waals surface area (Å²) in [5.74, 6) is 3.33. The summed E-state index contributed by atoms with van der Waals surface area (Å²) in [4.78, 5) is 9.29. The molecule has 0 aliphatic carbocycles. The van der Waals surface area contributed by atoms with Crippen molar-refractivity contribution in [3.8, 4) is 89.8 Å². The van der Waals surface area contributed by atoms with E-state index in [2.05, 4.69) is 456 Å². The van der Waals surface area contributed by atoms with Crippen molar-refractivity contribution in [3.63, 3.8) is 0 Å². The summed E-state index contributed by atoms with van der Waals surface area (Å²) in [6.07, 6.45) is 0. The quantitative estimate of drug-likeness (QED) is 0.0893. The van der Waals surface area contributed by atoms with Crippen LogP contribution in [-0.2, 0) is 0 Å². The molecule has 2 aliphatic heterocycles. The number of anilines is 12. The third kappa shape index (κ3) is 12.0. The number of nitrogens with zero attached hydrogens (tertiary/aromatic N) is 4. The van der Waals surface area contributed by atoms with E-state index in [4.69, 9.17) is 13.9 Å². The van der Waals surface area contributed by atoms with Gasteiger partial charge in [-0.3, -0.25) is 0 Å². The first-order valence-electron chi connectivity index (χ1n) is 40.5. The molecule has 20 aromatic carbocycles. The Morgan fingerprint density at radius 3 is 1.00 bits per heavy atom. The average Bonchev–Trinajstić information content (AvgIpc) is 0.823. The Kier molecular flexibility index (Phi) is 16.5. The number of rotatable bonds is 16. The Morgan fingerprint density at radius 1 is 0.160 bits per heavy atom. The van der Waals surface area contributed by atoms with Crippen LogP contribution in [0.5, 0.6) is 23.0 Å². The highest BCUT2D eigenvalue weighted by atomic mass is 16.5. The van der Waals surface area contributed by atoms with Gasteiger partial charge in [-0.25, -0.2) is 0 Å². The molecule has 0 radical (unpaired) electrons. The van der Waals surface area contributed by atoms with Crippen LogP contribution in [0.3, 0.4) is 0 Å². The van der Waals surface area contributed by atoms with E-state index in [-0.39, 0.29) is 0 Å². The van der Waals surface area contributed by atoms with Gasteiger partial charge in [0.05, 0.1) is 5.69 Å². The zero-order chi connectivity index (χ0) is 78.4. The largest absolute Gasteiger partial charge is 0.456 e. The summed E-state index contributed by atoms with van der Waals surface area (Å²) < 4.78 is 21.1. The Labute approximate surface area is 688 Å². The van der Waals surface area contributed by atoms with Gasteiger partial charge in [0.1, 0.15) is 28.6 Å². The van der Waals surface area contributed by atoms with Crippen molar-refractivity contribution in [2.75, 3.05) is 19.6 Å². The number of hydrogen-bond acceptors (Lipinski definition) is 7. The highest BCUT2D eigenvalue weighted by Crippen LogP contribution is 2.55. The Bertz CT molecular complexity index is 7450. The van der Waals surface area contributed by atoms with Gasteiger partial charge in [-0.05, 0) is 277 Å². The van der Waals surface area contributed by atoms with Crippen molar-refractivity contribution >= 4 is 133 Å². The van der Waals surface area contributed by atoms with Gasteiger partial charge in [0.15, 0.2) is 5.58 Å². The SMILES string of the molecule is c1ccc(N(c2ccccc2)c2ccc(-c3ccc4cc5c6c(cccc6c4c3)Oc3cc(-c4ccc(N(c6ccccc6)c6cccc(-c7cccc(N(c8ccccc8)c8ccc9cc%10c%11c(cccc%11c9c8)Oc8cc(-c9cccc%11c9oc9c(N(c%12ccccc%12)c%12ccccc%12)cccc9%11)ccc8-%10)c7)c6)cc4)ccc3-5)cc2)cc1. The Balaban J connectivity index is 0.532. The minimum absolute atomic E-state index is 0.804. The first-order chi connectivity index (χ1) is 59.0. The van der Waals surface area contributed by atoms with E-state index in [9.17, 15) is 0 Å². The molecule has 0 N–H and O–H groups in total. The van der Waals surface area contributed by atoms with Gasteiger partial charge in [-0.1, -0.05) is 243 Å². The normalized spacial score (nSPS) is 11.8. The molecule has 21 aromatic rings. The lowest BCUT2D eigenvalue weighted by Gasteiger charge is -2.28. The highest BCUT2D eigenvalue weighted by Gasteiger charge is 2.29. The lowest BCUT2D eigenvalue weighted by Crippen LogP contribution is -2.10. The molecule has 7 nitrogen and oxygen atoms in total. The fourth-order valence-corrected chi connectivity index (χ4v) is 18.2. The molecular weight excluding hydrogens is 1450 g/mol. The summed E-state index contributed by atoms with van der Waals surface area (Å²) in [5.41, 5.74) is 27.4. The first-order valence-corrected chi connectivity index (χ1v) is 40.5. The highest BCUT2D eigenvalue weighted by molar-refractivity contribution is 6.20.